The van der Waals surface area contributed by atoms with Crippen LogP contribution >= 0.6 is 0 Å². The van der Waals surface area contributed by atoms with Gasteiger partial charge in [-0.3, -0.25) is 9.59 Å². The maximum absolute atomic E-state index is 12.8. The molecule has 154 valence electrons. The van der Waals surface area contributed by atoms with Gasteiger partial charge in [0.15, 0.2) is 0 Å². The van der Waals surface area contributed by atoms with Gasteiger partial charge in [0, 0.05) is 12.0 Å². The fourth-order valence-electron chi connectivity index (χ4n) is 2.99. The quantitative estimate of drug-likeness (QED) is 0.538. The van der Waals surface area contributed by atoms with Gasteiger partial charge in [-0.15, -0.1) is 0 Å². The van der Waals surface area contributed by atoms with Crippen LogP contribution in [0.1, 0.15) is 21.5 Å². The van der Waals surface area contributed by atoms with Crippen LogP contribution in [0.2, 0.25) is 0 Å². The Morgan fingerprint density at radius 2 is 1.50 bits per heavy atom. The topological polar surface area (TPSA) is 67.4 Å². The van der Waals surface area contributed by atoms with Crippen LogP contribution in [0.4, 0.5) is 0 Å². The number of rotatable bonds is 9. The Kier molecular flexibility index (Phi) is 7.61. The Balaban J connectivity index is 1.57. The first-order chi connectivity index (χ1) is 14.6. The lowest BCUT2D eigenvalue weighted by molar-refractivity contribution is -0.123. The summed E-state index contributed by atoms with van der Waals surface area (Å²) in [4.78, 5) is 25.4. The molecule has 5 nitrogen and oxygen atoms in total. The fourth-order valence-corrected chi connectivity index (χ4v) is 2.99. The van der Waals surface area contributed by atoms with Gasteiger partial charge in [0.25, 0.3) is 5.91 Å². The monoisotopic (exact) mass is 402 g/mol. The third kappa shape index (κ3) is 6.48. The molecule has 2 N–H and O–H groups in total. The molecule has 0 radical (unpaired) electrons. The van der Waals surface area contributed by atoms with Crippen LogP contribution in [-0.2, 0) is 11.2 Å². The van der Waals surface area contributed by atoms with Gasteiger partial charge in [-0.1, -0.05) is 66.2 Å². The largest absolute Gasteiger partial charge is 0.492 e. The molecule has 30 heavy (non-hydrogen) atoms. The van der Waals surface area contributed by atoms with Gasteiger partial charge in [0.1, 0.15) is 18.4 Å². The van der Waals surface area contributed by atoms with Crippen molar-refractivity contribution in [2.45, 2.75) is 19.4 Å². The van der Waals surface area contributed by atoms with Gasteiger partial charge < -0.3 is 15.4 Å². The first-order valence-corrected chi connectivity index (χ1v) is 9.99. The molecule has 3 aromatic carbocycles. The van der Waals surface area contributed by atoms with Crippen LogP contribution in [0.5, 0.6) is 5.75 Å². The number of amides is 2. The Hall–Kier alpha value is -3.60. The lowest BCUT2D eigenvalue weighted by Gasteiger charge is -2.19. The summed E-state index contributed by atoms with van der Waals surface area (Å²) in [6, 6.07) is 25.6. The average Bonchev–Trinajstić information content (AvgIpc) is 2.78. The van der Waals surface area contributed by atoms with Crippen LogP contribution < -0.4 is 15.4 Å². The van der Waals surface area contributed by atoms with E-state index in [-0.39, 0.29) is 11.8 Å². The third-order valence-corrected chi connectivity index (χ3v) is 4.63. The van der Waals surface area contributed by atoms with E-state index in [1.807, 2.05) is 67.6 Å². The van der Waals surface area contributed by atoms with Crippen LogP contribution in [0.15, 0.2) is 84.9 Å². The molecule has 0 aliphatic carbocycles. The number of carbonyl (C=O) groups is 2. The molecular weight excluding hydrogens is 376 g/mol. The van der Waals surface area contributed by atoms with E-state index in [1.54, 1.807) is 24.3 Å². The Morgan fingerprint density at radius 3 is 2.17 bits per heavy atom. The lowest BCUT2D eigenvalue weighted by atomic mass is 10.0. The van der Waals surface area contributed by atoms with Crippen molar-refractivity contribution < 1.29 is 14.3 Å². The van der Waals surface area contributed by atoms with Crippen molar-refractivity contribution in [1.82, 2.24) is 10.6 Å². The van der Waals surface area contributed by atoms with E-state index >= 15 is 0 Å². The standard InChI is InChI=1S/C25H26N2O3/c1-19-12-14-22(15-13-19)30-17-16-26-25(29)23(18-20-8-4-2-5-9-20)27-24(28)21-10-6-3-7-11-21/h2-15,23H,16-18H2,1H3,(H,26,29)(H,27,28)/t23-/m1/s1. The zero-order valence-electron chi connectivity index (χ0n) is 17.0. The second-order valence-electron chi connectivity index (χ2n) is 7.03. The Morgan fingerprint density at radius 1 is 0.867 bits per heavy atom. The first-order valence-electron chi connectivity index (χ1n) is 9.99. The number of hydrogen-bond donors (Lipinski definition) is 2. The third-order valence-electron chi connectivity index (χ3n) is 4.63. The molecule has 3 aromatic rings. The van der Waals surface area contributed by atoms with Crippen molar-refractivity contribution >= 4 is 11.8 Å². The highest BCUT2D eigenvalue weighted by molar-refractivity contribution is 5.97. The van der Waals surface area contributed by atoms with E-state index in [0.29, 0.717) is 25.1 Å². The molecule has 0 spiro atoms. The van der Waals surface area contributed by atoms with Crippen molar-refractivity contribution in [3.05, 3.63) is 102 Å². The first kappa shape index (κ1) is 21.1. The van der Waals surface area contributed by atoms with Gasteiger partial charge in [0.05, 0.1) is 6.54 Å². The summed E-state index contributed by atoms with van der Waals surface area (Å²) in [5.74, 6) is 0.242. The van der Waals surface area contributed by atoms with E-state index < -0.39 is 6.04 Å². The van der Waals surface area contributed by atoms with Crippen LogP contribution in [0.25, 0.3) is 0 Å². The highest BCUT2D eigenvalue weighted by atomic mass is 16.5. The number of aryl methyl sites for hydroxylation is 1. The Bertz CT molecular complexity index is 941. The second kappa shape index (κ2) is 10.8. The molecule has 5 heteroatoms. The van der Waals surface area contributed by atoms with Gasteiger partial charge in [-0.2, -0.15) is 0 Å². The van der Waals surface area contributed by atoms with Crippen molar-refractivity contribution in [2.24, 2.45) is 0 Å². The Labute approximate surface area is 177 Å². The highest BCUT2D eigenvalue weighted by Crippen LogP contribution is 2.11. The lowest BCUT2D eigenvalue weighted by Crippen LogP contribution is -2.48. The summed E-state index contributed by atoms with van der Waals surface area (Å²) < 4.78 is 5.66. The predicted octanol–water partition coefficient (Wildman–Crippen LogP) is 3.53. The zero-order valence-corrected chi connectivity index (χ0v) is 17.0. The van der Waals surface area contributed by atoms with Crippen molar-refractivity contribution in [1.29, 1.82) is 0 Å². The number of ether oxygens (including phenoxy) is 1. The molecule has 0 aliphatic rings. The molecule has 0 unspecified atom stereocenters. The molecule has 0 aliphatic heterocycles. The zero-order chi connectivity index (χ0) is 21.2. The minimum Gasteiger partial charge on any atom is -0.492 e. The summed E-state index contributed by atoms with van der Waals surface area (Å²) >= 11 is 0. The molecule has 0 saturated carbocycles. The summed E-state index contributed by atoms with van der Waals surface area (Å²) in [6.45, 7) is 2.71. The normalized spacial score (nSPS) is 11.4. The van der Waals surface area contributed by atoms with Gasteiger partial charge in [-0.05, 0) is 36.8 Å². The summed E-state index contributed by atoms with van der Waals surface area (Å²) in [5, 5.41) is 5.72. The van der Waals surface area contributed by atoms with Crippen LogP contribution in [-0.4, -0.2) is 31.0 Å². The van der Waals surface area contributed by atoms with Crippen molar-refractivity contribution in [3.8, 4) is 5.75 Å². The number of hydrogen-bond acceptors (Lipinski definition) is 3. The van der Waals surface area contributed by atoms with Gasteiger partial charge >= 0.3 is 0 Å². The molecule has 0 heterocycles. The van der Waals surface area contributed by atoms with Crippen LogP contribution in [0, 0.1) is 6.92 Å². The predicted molar refractivity (Wildman–Crippen MR) is 118 cm³/mol. The number of benzene rings is 3. The van der Waals surface area contributed by atoms with E-state index in [4.69, 9.17) is 4.74 Å². The van der Waals surface area contributed by atoms with Gasteiger partial charge in [0.2, 0.25) is 5.91 Å². The molecule has 2 amide bonds. The van der Waals surface area contributed by atoms with Crippen LogP contribution in [0.3, 0.4) is 0 Å². The highest BCUT2D eigenvalue weighted by Gasteiger charge is 2.21. The molecule has 0 fully saturated rings. The smallest absolute Gasteiger partial charge is 0.251 e. The average molecular weight is 402 g/mol. The molecule has 1 atom stereocenters. The fraction of sp³-hybridized carbons (Fsp3) is 0.200. The van der Waals surface area contributed by atoms with E-state index in [1.165, 1.54) is 0 Å². The molecule has 3 rings (SSSR count). The van der Waals surface area contributed by atoms with E-state index in [2.05, 4.69) is 10.6 Å². The second-order valence-corrected chi connectivity index (χ2v) is 7.03. The minimum atomic E-state index is -0.681. The van der Waals surface area contributed by atoms with E-state index in [9.17, 15) is 9.59 Å². The maximum Gasteiger partial charge on any atom is 0.251 e. The number of carbonyl (C=O) groups excluding carboxylic acids is 2. The van der Waals surface area contributed by atoms with Crippen molar-refractivity contribution in [2.75, 3.05) is 13.2 Å². The summed E-state index contributed by atoms with van der Waals surface area (Å²) in [6.07, 6.45) is 0.407. The minimum absolute atomic E-state index is 0.240. The van der Waals surface area contributed by atoms with Crippen molar-refractivity contribution in [3.63, 3.8) is 0 Å². The summed E-state index contributed by atoms with van der Waals surface area (Å²) in [5.41, 5.74) is 2.65. The summed E-state index contributed by atoms with van der Waals surface area (Å²) in [7, 11) is 0. The molecule has 0 aromatic heterocycles. The maximum atomic E-state index is 12.8. The molecular formula is C25H26N2O3. The number of nitrogens with one attached hydrogen (secondary N) is 2. The van der Waals surface area contributed by atoms with Gasteiger partial charge in [-0.25, -0.2) is 0 Å². The van der Waals surface area contributed by atoms with E-state index in [0.717, 1.165) is 16.9 Å². The molecule has 0 saturated heterocycles. The molecule has 0 bridgehead atoms. The SMILES string of the molecule is Cc1ccc(OCCNC(=O)[C@@H](Cc2ccccc2)NC(=O)c2ccccc2)cc1.